The summed E-state index contributed by atoms with van der Waals surface area (Å²) in [6.07, 6.45) is -2.83. The molecule has 1 atom stereocenters. The van der Waals surface area contributed by atoms with E-state index in [0.29, 0.717) is 13.0 Å². The van der Waals surface area contributed by atoms with Crippen LogP contribution in [0.25, 0.3) is 0 Å². The SMILES string of the molecule is N#CCN1CCC[C@@H]1c1ccccc1C(F)(F)F. The number of hydrogen-bond acceptors (Lipinski definition) is 2. The van der Waals surface area contributed by atoms with Gasteiger partial charge in [-0.3, -0.25) is 4.90 Å². The Morgan fingerprint density at radius 2 is 2.06 bits per heavy atom. The standard InChI is InChI=1S/C13H13F3N2/c14-13(15,16)11-5-2-1-4-10(11)12-6-3-8-18(12)9-7-17/h1-2,4-5,12H,3,6,8-9H2/t12-/m1/s1. The minimum atomic E-state index is -4.34. The second-order valence-electron chi connectivity index (χ2n) is 4.37. The Hall–Kier alpha value is -1.54. The highest BCUT2D eigenvalue weighted by atomic mass is 19.4. The summed E-state index contributed by atoms with van der Waals surface area (Å²) in [7, 11) is 0. The van der Waals surface area contributed by atoms with Crippen molar-refractivity contribution in [2.75, 3.05) is 13.1 Å². The molecule has 0 N–H and O–H groups in total. The van der Waals surface area contributed by atoms with E-state index in [0.717, 1.165) is 12.5 Å². The Morgan fingerprint density at radius 1 is 1.33 bits per heavy atom. The van der Waals surface area contributed by atoms with Gasteiger partial charge in [-0.15, -0.1) is 0 Å². The van der Waals surface area contributed by atoms with E-state index < -0.39 is 11.7 Å². The van der Waals surface area contributed by atoms with E-state index in [1.165, 1.54) is 12.1 Å². The van der Waals surface area contributed by atoms with Gasteiger partial charge in [0.25, 0.3) is 0 Å². The topological polar surface area (TPSA) is 27.0 Å². The van der Waals surface area contributed by atoms with Gasteiger partial charge in [-0.25, -0.2) is 0 Å². The highest BCUT2D eigenvalue weighted by Gasteiger charge is 2.37. The molecule has 18 heavy (non-hydrogen) atoms. The van der Waals surface area contributed by atoms with Crippen LogP contribution in [0.15, 0.2) is 24.3 Å². The fourth-order valence-electron chi connectivity index (χ4n) is 2.50. The third-order valence-electron chi connectivity index (χ3n) is 3.26. The van der Waals surface area contributed by atoms with Gasteiger partial charge in [0.05, 0.1) is 18.2 Å². The molecule has 0 aromatic heterocycles. The van der Waals surface area contributed by atoms with Crippen molar-refractivity contribution in [2.24, 2.45) is 0 Å². The van der Waals surface area contributed by atoms with Gasteiger partial charge >= 0.3 is 6.18 Å². The lowest BCUT2D eigenvalue weighted by molar-refractivity contribution is -0.138. The van der Waals surface area contributed by atoms with E-state index in [9.17, 15) is 13.2 Å². The maximum atomic E-state index is 12.9. The number of alkyl halides is 3. The summed E-state index contributed by atoms with van der Waals surface area (Å²) >= 11 is 0. The average Bonchev–Trinajstić information content (AvgIpc) is 2.77. The quantitative estimate of drug-likeness (QED) is 0.757. The molecule has 96 valence electrons. The molecule has 1 fully saturated rings. The summed E-state index contributed by atoms with van der Waals surface area (Å²) in [5.74, 6) is 0. The van der Waals surface area contributed by atoms with Crippen LogP contribution < -0.4 is 0 Å². The zero-order chi connectivity index (χ0) is 13.2. The van der Waals surface area contributed by atoms with Crippen LogP contribution in [0, 0.1) is 11.3 Å². The van der Waals surface area contributed by atoms with Crippen molar-refractivity contribution in [3.63, 3.8) is 0 Å². The molecule has 0 radical (unpaired) electrons. The maximum absolute atomic E-state index is 12.9. The zero-order valence-electron chi connectivity index (χ0n) is 9.74. The molecule has 1 aliphatic heterocycles. The van der Waals surface area contributed by atoms with Crippen LogP contribution >= 0.6 is 0 Å². The van der Waals surface area contributed by atoms with Gasteiger partial charge in [0.1, 0.15) is 0 Å². The van der Waals surface area contributed by atoms with E-state index in [2.05, 4.69) is 0 Å². The van der Waals surface area contributed by atoms with Crippen LogP contribution in [0.1, 0.15) is 30.0 Å². The first kappa shape index (κ1) is 12.9. The third-order valence-corrected chi connectivity index (χ3v) is 3.26. The van der Waals surface area contributed by atoms with Crippen molar-refractivity contribution in [3.05, 3.63) is 35.4 Å². The van der Waals surface area contributed by atoms with Crippen molar-refractivity contribution in [1.82, 2.24) is 4.90 Å². The van der Waals surface area contributed by atoms with E-state index in [1.54, 1.807) is 6.07 Å². The number of nitriles is 1. The molecule has 0 aliphatic carbocycles. The number of likely N-dealkylation sites (tertiary alicyclic amines) is 1. The summed E-state index contributed by atoms with van der Waals surface area (Å²) in [6, 6.07) is 7.37. The molecule has 0 saturated carbocycles. The molecule has 0 unspecified atom stereocenters. The number of benzene rings is 1. The Balaban J connectivity index is 2.36. The fraction of sp³-hybridized carbons (Fsp3) is 0.462. The maximum Gasteiger partial charge on any atom is 0.416 e. The van der Waals surface area contributed by atoms with Gasteiger partial charge < -0.3 is 0 Å². The van der Waals surface area contributed by atoms with Crippen LogP contribution in [0.3, 0.4) is 0 Å². The highest BCUT2D eigenvalue weighted by Crippen LogP contribution is 2.39. The predicted octanol–water partition coefficient (Wildman–Crippen LogP) is 3.37. The molecule has 2 nitrogen and oxygen atoms in total. The second-order valence-corrected chi connectivity index (χ2v) is 4.37. The Bertz CT molecular complexity index is 462. The largest absolute Gasteiger partial charge is 0.416 e. The summed E-state index contributed by atoms with van der Waals surface area (Å²) < 4.78 is 38.8. The molecule has 1 saturated heterocycles. The monoisotopic (exact) mass is 254 g/mol. The number of hydrogen-bond donors (Lipinski definition) is 0. The molecular weight excluding hydrogens is 241 g/mol. The van der Waals surface area contributed by atoms with Crippen LogP contribution in [-0.2, 0) is 6.18 Å². The van der Waals surface area contributed by atoms with Crippen LogP contribution in [0.2, 0.25) is 0 Å². The molecule has 0 amide bonds. The average molecular weight is 254 g/mol. The van der Waals surface area contributed by atoms with Crippen molar-refractivity contribution in [3.8, 4) is 6.07 Å². The highest BCUT2D eigenvalue weighted by molar-refractivity contribution is 5.33. The molecule has 1 aromatic rings. The smallest absolute Gasteiger partial charge is 0.283 e. The number of rotatable bonds is 2. The van der Waals surface area contributed by atoms with Gasteiger partial charge in [-0.2, -0.15) is 18.4 Å². The first-order valence-electron chi connectivity index (χ1n) is 5.81. The Kier molecular flexibility index (Phi) is 3.58. The molecular formula is C13H13F3N2. The molecule has 1 aliphatic rings. The number of nitrogens with zero attached hydrogens (tertiary/aromatic N) is 2. The Labute approximate surface area is 104 Å². The lowest BCUT2D eigenvalue weighted by Crippen LogP contribution is -2.25. The normalized spacial score (nSPS) is 20.9. The van der Waals surface area contributed by atoms with Crippen molar-refractivity contribution in [1.29, 1.82) is 5.26 Å². The zero-order valence-corrected chi connectivity index (χ0v) is 9.74. The minimum Gasteiger partial charge on any atom is -0.283 e. The van der Waals surface area contributed by atoms with Gasteiger partial charge in [0.15, 0.2) is 0 Å². The Morgan fingerprint density at radius 3 is 2.72 bits per heavy atom. The fourth-order valence-corrected chi connectivity index (χ4v) is 2.50. The first-order chi connectivity index (χ1) is 8.54. The second kappa shape index (κ2) is 4.99. The van der Waals surface area contributed by atoms with Crippen LogP contribution in [-0.4, -0.2) is 18.0 Å². The van der Waals surface area contributed by atoms with Gasteiger partial charge in [0.2, 0.25) is 0 Å². The van der Waals surface area contributed by atoms with Crippen LogP contribution in [0.5, 0.6) is 0 Å². The summed E-state index contributed by atoms with van der Waals surface area (Å²) in [6.45, 7) is 0.862. The van der Waals surface area contributed by atoms with Crippen molar-refractivity contribution >= 4 is 0 Å². The summed E-state index contributed by atoms with van der Waals surface area (Å²) in [5, 5.41) is 8.71. The molecule has 2 rings (SSSR count). The lowest BCUT2D eigenvalue weighted by atomic mass is 9.98. The van der Waals surface area contributed by atoms with E-state index >= 15 is 0 Å². The van der Waals surface area contributed by atoms with Gasteiger partial charge in [-0.1, -0.05) is 18.2 Å². The summed E-state index contributed by atoms with van der Waals surface area (Å²) in [4.78, 5) is 1.81. The molecule has 1 aromatic carbocycles. The molecule has 0 spiro atoms. The minimum absolute atomic E-state index is 0.177. The van der Waals surface area contributed by atoms with Crippen molar-refractivity contribution in [2.45, 2.75) is 25.1 Å². The lowest BCUT2D eigenvalue weighted by Gasteiger charge is -2.24. The van der Waals surface area contributed by atoms with Crippen LogP contribution in [0.4, 0.5) is 13.2 Å². The van der Waals surface area contributed by atoms with E-state index in [1.807, 2.05) is 11.0 Å². The van der Waals surface area contributed by atoms with Crippen molar-refractivity contribution < 1.29 is 13.2 Å². The van der Waals surface area contributed by atoms with Gasteiger partial charge in [-0.05, 0) is 31.0 Å². The van der Waals surface area contributed by atoms with Gasteiger partial charge in [0, 0.05) is 6.04 Å². The first-order valence-corrected chi connectivity index (χ1v) is 5.81. The van der Waals surface area contributed by atoms with E-state index in [-0.39, 0.29) is 18.2 Å². The number of halogens is 3. The molecule has 5 heteroatoms. The molecule has 0 bridgehead atoms. The third kappa shape index (κ3) is 2.49. The van der Waals surface area contributed by atoms with E-state index in [4.69, 9.17) is 5.26 Å². The predicted molar refractivity (Wildman–Crippen MR) is 60.6 cm³/mol. The summed E-state index contributed by atoms with van der Waals surface area (Å²) in [5.41, 5.74) is -0.294. The molecule has 1 heterocycles.